The lowest BCUT2D eigenvalue weighted by Crippen LogP contribution is -2.36. The van der Waals surface area contributed by atoms with Crippen LogP contribution in [-0.4, -0.2) is 51.5 Å². The van der Waals surface area contributed by atoms with E-state index in [2.05, 4.69) is 20.2 Å². The summed E-state index contributed by atoms with van der Waals surface area (Å²) >= 11 is 0. The fourth-order valence-electron chi connectivity index (χ4n) is 4.96. The van der Waals surface area contributed by atoms with Gasteiger partial charge in [-0.1, -0.05) is 0 Å². The number of nitrogen functional groups attached to an aromatic ring is 1. The van der Waals surface area contributed by atoms with Gasteiger partial charge in [-0.15, -0.1) is 10.2 Å². The molecule has 0 radical (unpaired) electrons. The Morgan fingerprint density at radius 1 is 1.18 bits per heavy atom. The van der Waals surface area contributed by atoms with E-state index in [0.29, 0.717) is 46.2 Å². The van der Waals surface area contributed by atoms with Crippen LogP contribution in [0.1, 0.15) is 46.9 Å². The quantitative estimate of drug-likeness (QED) is 0.607. The Hall–Kier alpha value is -3.69. The summed E-state index contributed by atoms with van der Waals surface area (Å²) in [6.07, 6.45) is 2.69. The maximum Gasteiger partial charge on any atom is 0.254 e. The number of fused-ring (bicyclic) bond motifs is 8. The maximum atomic E-state index is 14.4. The topological polar surface area (TPSA) is 102 Å². The predicted octanol–water partition coefficient (Wildman–Crippen LogP) is 2.92. The molecule has 0 spiro atoms. The molecule has 1 atom stereocenters. The number of hydrogen-bond donors (Lipinski definition) is 1. The lowest BCUT2D eigenvalue weighted by atomic mass is 9.90. The second-order valence-electron chi connectivity index (χ2n) is 8.55. The van der Waals surface area contributed by atoms with Crippen molar-refractivity contribution in [1.29, 1.82) is 0 Å². The number of aryl methyl sites for hydroxylation is 1. The van der Waals surface area contributed by atoms with Crippen molar-refractivity contribution in [2.45, 2.75) is 31.8 Å². The molecule has 0 unspecified atom stereocenters. The minimum absolute atomic E-state index is 0.200. The third kappa shape index (κ3) is 3.46. The number of benzene rings is 1. The second-order valence-corrected chi connectivity index (χ2v) is 8.55. The number of carbonyl (C=O) groups excluding carboxylic acids is 1. The number of nitrogens with zero attached hydrogens (tertiary/aromatic N) is 6. The van der Waals surface area contributed by atoms with E-state index in [4.69, 9.17) is 10.5 Å². The molecule has 33 heavy (non-hydrogen) atoms. The van der Waals surface area contributed by atoms with Crippen molar-refractivity contribution in [3.63, 3.8) is 0 Å². The summed E-state index contributed by atoms with van der Waals surface area (Å²) in [5.41, 5.74) is 9.98. The molecule has 1 saturated heterocycles. The van der Waals surface area contributed by atoms with Gasteiger partial charge in [0.2, 0.25) is 5.88 Å². The number of halogens is 1. The third-order valence-corrected chi connectivity index (χ3v) is 6.47. The fourth-order valence-corrected chi connectivity index (χ4v) is 4.96. The van der Waals surface area contributed by atoms with Crippen molar-refractivity contribution >= 4 is 17.4 Å². The molecule has 2 aliphatic rings. The molecule has 2 N–H and O–H groups in total. The van der Waals surface area contributed by atoms with Crippen molar-refractivity contribution < 1.29 is 13.9 Å². The molecule has 1 aromatic carbocycles. The van der Waals surface area contributed by atoms with E-state index in [9.17, 15) is 9.18 Å². The highest BCUT2D eigenvalue weighted by Crippen LogP contribution is 2.42. The molecule has 172 valence electrons. The van der Waals surface area contributed by atoms with Crippen LogP contribution in [0.3, 0.4) is 0 Å². The van der Waals surface area contributed by atoms with Gasteiger partial charge in [0.15, 0.2) is 5.82 Å². The zero-order chi connectivity index (χ0) is 23.3. The summed E-state index contributed by atoms with van der Waals surface area (Å²) in [6, 6.07) is 6.06. The van der Waals surface area contributed by atoms with Crippen LogP contribution in [0, 0.1) is 5.82 Å². The molecule has 5 rings (SSSR count). The van der Waals surface area contributed by atoms with E-state index in [1.807, 2.05) is 6.07 Å². The van der Waals surface area contributed by atoms with Crippen molar-refractivity contribution in [2.75, 3.05) is 31.3 Å². The van der Waals surface area contributed by atoms with Crippen LogP contribution >= 0.6 is 0 Å². The van der Waals surface area contributed by atoms with E-state index >= 15 is 0 Å². The Balaban J connectivity index is 1.80. The number of carbonyl (C=O) groups is 1. The van der Waals surface area contributed by atoms with E-state index in [0.717, 1.165) is 19.3 Å². The van der Waals surface area contributed by atoms with Gasteiger partial charge in [0, 0.05) is 26.2 Å². The van der Waals surface area contributed by atoms with Gasteiger partial charge >= 0.3 is 0 Å². The van der Waals surface area contributed by atoms with Crippen molar-refractivity contribution in [2.24, 2.45) is 7.05 Å². The van der Waals surface area contributed by atoms with Gasteiger partial charge in [-0.2, -0.15) is 5.10 Å². The standard InChI is InChI=1S/C23H26FN7O2/c1-29-12-17-20(23(33-3)30(2)28-17)16-11-19(21(25)27-26-16)31-9-5-4-6-18(31)15-10-13(24)7-8-14(15)22(29)32/h7-8,10-11,18H,4-6,9,12H2,1-3H3,(H2,25,27)/t18-/m1/s1. The number of anilines is 2. The number of rotatable bonds is 1. The summed E-state index contributed by atoms with van der Waals surface area (Å²) in [5, 5.41) is 13.2. The van der Waals surface area contributed by atoms with Gasteiger partial charge in [0.05, 0.1) is 36.6 Å². The van der Waals surface area contributed by atoms with E-state index in [1.54, 1.807) is 36.9 Å². The summed E-state index contributed by atoms with van der Waals surface area (Å²) in [7, 11) is 5.06. The van der Waals surface area contributed by atoms with Crippen LogP contribution in [0.15, 0.2) is 24.3 Å². The number of methoxy groups -OCH3 is 1. The van der Waals surface area contributed by atoms with Gasteiger partial charge < -0.3 is 20.3 Å². The smallest absolute Gasteiger partial charge is 0.254 e. The molecule has 0 saturated carbocycles. The zero-order valence-electron chi connectivity index (χ0n) is 18.9. The average Bonchev–Trinajstić information content (AvgIpc) is 3.12. The molecule has 2 aliphatic heterocycles. The van der Waals surface area contributed by atoms with Crippen LogP contribution < -0.4 is 15.4 Å². The Labute approximate surface area is 190 Å². The number of nitrogens with two attached hydrogens (primary N) is 1. The van der Waals surface area contributed by atoms with Crippen LogP contribution in [0.2, 0.25) is 0 Å². The summed E-state index contributed by atoms with van der Waals surface area (Å²) < 4.78 is 21.6. The van der Waals surface area contributed by atoms with Gasteiger partial charge in [0.25, 0.3) is 5.91 Å². The molecule has 10 heteroatoms. The molecule has 1 fully saturated rings. The van der Waals surface area contributed by atoms with Crippen molar-refractivity contribution in [3.05, 3.63) is 46.9 Å². The Morgan fingerprint density at radius 2 is 2.00 bits per heavy atom. The van der Waals surface area contributed by atoms with Crippen LogP contribution in [-0.2, 0) is 13.6 Å². The molecule has 2 aromatic heterocycles. The van der Waals surface area contributed by atoms with Crippen LogP contribution in [0.4, 0.5) is 15.9 Å². The normalized spacial score (nSPS) is 18.1. The first-order chi connectivity index (χ1) is 15.9. The van der Waals surface area contributed by atoms with E-state index in [1.165, 1.54) is 12.1 Å². The van der Waals surface area contributed by atoms with Gasteiger partial charge in [-0.3, -0.25) is 4.79 Å². The Bertz CT molecular complexity index is 1240. The lowest BCUT2D eigenvalue weighted by molar-refractivity contribution is 0.0781. The summed E-state index contributed by atoms with van der Waals surface area (Å²) in [4.78, 5) is 17.2. The lowest BCUT2D eigenvalue weighted by Gasteiger charge is -2.39. The predicted molar refractivity (Wildman–Crippen MR) is 121 cm³/mol. The number of piperidine rings is 1. The van der Waals surface area contributed by atoms with Gasteiger partial charge in [-0.25, -0.2) is 9.07 Å². The highest BCUT2D eigenvalue weighted by Gasteiger charge is 2.33. The number of hydrogen-bond acceptors (Lipinski definition) is 7. The molecule has 0 aliphatic carbocycles. The molecular formula is C23H26FN7O2. The third-order valence-electron chi connectivity index (χ3n) is 6.47. The molecule has 2 bridgehead atoms. The molecule has 9 nitrogen and oxygen atoms in total. The SMILES string of the molecule is COc1c2c(nn1C)CN(C)C(=O)c1ccc(F)cc1[C@H]1CCCCN1c1cc-2nnc1N. The van der Waals surface area contributed by atoms with Crippen LogP contribution in [0.25, 0.3) is 11.3 Å². The van der Waals surface area contributed by atoms with Gasteiger partial charge in [0.1, 0.15) is 11.5 Å². The monoisotopic (exact) mass is 451 g/mol. The van der Waals surface area contributed by atoms with Crippen molar-refractivity contribution in [3.8, 4) is 17.1 Å². The largest absolute Gasteiger partial charge is 0.481 e. The Kier molecular flexibility index (Phi) is 5.15. The summed E-state index contributed by atoms with van der Waals surface area (Å²) in [5.74, 6) is 0.230. The number of aromatic nitrogens is 4. The minimum Gasteiger partial charge on any atom is -0.481 e. The zero-order valence-corrected chi connectivity index (χ0v) is 18.9. The highest BCUT2D eigenvalue weighted by atomic mass is 19.1. The first-order valence-electron chi connectivity index (χ1n) is 10.9. The number of ether oxygens (including phenoxy) is 1. The highest BCUT2D eigenvalue weighted by molar-refractivity contribution is 5.96. The van der Waals surface area contributed by atoms with Crippen LogP contribution in [0.5, 0.6) is 5.88 Å². The van der Waals surface area contributed by atoms with Gasteiger partial charge in [-0.05, 0) is 49.1 Å². The summed E-state index contributed by atoms with van der Waals surface area (Å²) in [6.45, 7) is 0.926. The fraction of sp³-hybridized carbons (Fsp3) is 0.391. The molecule has 3 aromatic rings. The van der Waals surface area contributed by atoms with Crippen molar-refractivity contribution in [1.82, 2.24) is 24.9 Å². The molecular weight excluding hydrogens is 425 g/mol. The first-order valence-corrected chi connectivity index (χ1v) is 10.9. The Morgan fingerprint density at radius 3 is 2.79 bits per heavy atom. The molecule has 4 heterocycles. The van der Waals surface area contributed by atoms with E-state index in [-0.39, 0.29) is 30.1 Å². The minimum atomic E-state index is -0.375. The first kappa shape index (κ1) is 21.2. The second kappa shape index (κ2) is 8.02. The number of amides is 1. The van der Waals surface area contributed by atoms with E-state index < -0.39 is 0 Å². The maximum absolute atomic E-state index is 14.4. The average molecular weight is 452 g/mol. The molecule has 1 amide bonds.